The number of esters is 1. The summed E-state index contributed by atoms with van der Waals surface area (Å²) in [7, 11) is 1.44. The maximum atomic E-state index is 10.9. The smallest absolute Gasteiger partial charge is 0.305 e. The summed E-state index contributed by atoms with van der Waals surface area (Å²) in [6.07, 6.45) is 14.1. The molecule has 1 N–H and O–H groups in total. The SMILES string of the molecule is CCCCCCC[C@H](O)CCCCCCCC(=O)OC. The maximum absolute atomic E-state index is 10.9. The van der Waals surface area contributed by atoms with E-state index in [1.54, 1.807) is 0 Å². The number of methoxy groups -OCH3 is 1. The standard InChI is InChI=1S/C17H34O3/c1-3-4-5-7-10-13-16(18)14-11-8-6-9-12-15-17(19)20-2/h16,18H,3-15H2,1-2H3/t16-/m0/s1. The van der Waals surface area contributed by atoms with E-state index in [4.69, 9.17) is 0 Å². The second-order valence-electron chi connectivity index (χ2n) is 5.74. The molecular formula is C17H34O3. The first-order chi connectivity index (χ1) is 9.70. The first-order valence-corrected chi connectivity index (χ1v) is 8.45. The average molecular weight is 286 g/mol. The van der Waals surface area contributed by atoms with E-state index in [1.807, 2.05) is 0 Å². The fourth-order valence-corrected chi connectivity index (χ4v) is 2.41. The van der Waals surface area contributed by atoms with Gasteiger partial charge in [0.15, 0.2) is 0 Å². The predicted molar refractivity (Wildman–Crippen MR) is 83.7 cm³/mol. The molecule has 0 heterocycles. The Labute approximate surface area is 125 Å². The van der Waals surface area contributed by atoms with Crippen molar-refractivity contribution in [1.82, 2.24) is 0 Å². The number of aliphatic hydroxyl groups is 1. The number of hydrogen-bond acceptors (Lipinski definition) is 3. The summed E-state index contributed by atoms with van der Waals surface area (Å²) in [5.41, 5.74) is 0. The van der Waals surface area contributed by atoms with Gasteiger partial charge >= 0.3 is 5.97 Å². The second-order valence-corrected chi connectivity index (χ2v) is 5.74. The van der Waals surface area contributed by atoms with Crippen LogP contribution in [0.3, 0.4) is 0 Å². The Kier molecular flexibility index (Phi) is 14.4. The molecule has 1 atom stereocenters. The molecule has 0 bridgehead atoms. The molecule has 0 aliphatic rings. The van der Waals surface area contributed by atoms with Crippen LogP contribution in [0.4, 0.5) is 0 Å². The minimum atomic E-state index is -0.108. The van der Waals surface area contributed by atoms with Crippen LogP contribution in [0.25, 0.3) is 0 Å². The van der Waals surface area contributed by atoms with Crippen molar-refractivity contribution in [2.45, 2.75) is 96.5 Å². The van der Waals surface area contributed by atoms with E-state index in [-0.39, 0.29) is 12.1 Å². The van der Waals surface area contributed by atoms with E-state index in [2.05, 4.69) is 11.7 Å². The van der Waals surface area contributed by atoms with Gasteiger partial charge in [0.25, 0.3) is 0 Å². The molecule has 0 unspecified atom stereocenters. The van der Waals surface area contributed by atoms with Crippen LogP contribution in [0.15, 0.2) is 0 Å². The van der Waals surface area contributed by atoms with Crippen molar-refractivity contribution in [3.63, 3.8) is 0 Å². The highest BCUT2D eigenvalue weighted by molar-refractivity contribution is 5.68. The van der Waals surface area contributed by atoms with Crippen molar-refractivity contribution in [2.24, 2.45) is 0 Å². The van der Waals surface area contributed by atoms with E-state index in [9.17, 15) is 9.90 Å². The summed E-state index contributed by atoms with van der Waals surface area (Å²) in [5, 5.41) is 9.85. The molecule has 0 fully saturated rings. The first kappa shape index (κ1) is 19.4. The highest BCUT2D eigenvalue weighted by Gasteiger charge is 2.04. The van der Waals surface area contributed by atoms with Crippen LogP contribution in [0.5, 0.6) is 0 Å². The molecule has 0 aliphatic heterocycles. The normalized spacial score (nSPS) is 12.3. The Bertz CT molecular complexity index is 216. The molecule has 0 radical (unpaired) electrons. The maximum Gasteiger partial charge on any atom is 0.305 e. The Morgan fingerprint density at radius 1 is 0.900 bits per heavy atom. The molecule has 0 aliphatic carbocycles. The van der Waals surface area contributed by atoms with Gasteiger partial charge in [-0.3, -0.25) is 4.79 Å². The van der Waals surface area contributed by atoms with Crippen molar-refractivity contribution in [3.05, 3.63) is 0 Å². The average Bonchev–Trinajstić information content (AvgIpc) is 2.45. The molecule has 0 amide bonds. The summed E-state index contributed by atoms with van der Waals surface area (Å²) in [6.45, 7) is 2.22. The number of unbranched alkanes of at least 4 members (excludes halogenated alkanes) is 8. The van der Waals surface area contributed by atoms with Crippen LogP contribution in [0.1, 0.15) is 90.4 Å². The van der Waals surface area contributed by atoms with Gasteiger partial charge in [-0.05, 0) is 19.3 Å². The molecule has 0 aromatic rings. The van der Waals surface area contributed by atoms with Gasteiger partial charge in [0.2, 0.25) is 0 Å². The fourth-order valence-electron chi connectivity index (χ4n) is 2.41. The largest absolute Gasteiger partial charge is 0.469 e. The Balaban J connectivity index is 3.18. The third-order valence-corrected chi connectivity index (χ3v) is 3.79. The van der Waals surface area contributed by atoms with Crippen molar-refractivity contribution < 1.29 is 14.6 Å². The molecule has 0 saturated carbocycles. The lowest BCUT2D eigenvalue weighted by Gasteiger charge is -2.10. The second kappa shape index (κ2) is 14.8. The number of aliphatic hydroxyl groups excluding tert-OH is 1. The molecule has 0 rings (SSSR count). The van der Waals surface area contributed by atoms with Crippen LogP contribution < -0.4 is 0 Å². The quantitative estimate of drug-likeness (QED) is 0.374. The molecule has 20 heavy (non-hydrogen) atoms. The molecule has 3 heteroatoms. The third-order valence-electron chi connectivity index (χ3n) is 3.79. The summed E-state index contributed by atoms with van der Waals surface area (Å²) >= 11 is 0. The van der Waals surface area contributed by atoms with Gasteiger partial charge in [0.1, 0.15) is 0 Å². The van der Waals surface area contributed by atoms with Crippen LogP contribution in [-0.2, 0) is 9.53 Å². The highest BCUT2D eigenvalue weighted by Crippen LogP contribution is 2.13. The number of ether oxygens (including phenoxy) is 1. The summed E-state index contributed by atoms with van der Waals surface area (Å²) in [4.78, 5) is 10.9. The van der Waals surface area contributed by atoms with Crippen molar-refractivity contribution in [2.75, 3.05) is 7.11 Å². The molecular weight excluding hydrogens is 252 g/mol. The summed E-state index contributed by atoms with van der Waals surface area (Å²) in [6, 6.07) is 0. The van der Waals surface area contributed by atoms with Gasteiger partial charge in [-0.1, -0.05) is 64.7 Å². The zero-order valence-corrected chi connectivity index (χ0v) is 13.5. The third kappa shape index (κ3) is 13.9. The molecule has 0 aromatic carbocycles. The van der Waals surface area contributed by atoms with Gasteiger partial charge in [0, 0.05) is 6.42 Å². The lowest BCUT2D eigenvalue weighted by atomic mass is 10.0. The van der Waals surface area contributed by atoms with E-state index in [1.165, 1.54) is 39.2 Å². The molecule has 0 saturated heterocycles. The Morgan fingerprint density at radius 3 is 1.95 bits per heavy atom. The predicted octanol–water partition coefficient (Wildman–Crippen LogP) is 4.61. The van der Waals surface area contributed by atoms with Crippen molar-refractivity contribution in [1.29, 1.82) is 0 Å². The zero-order chi connectivity index (χ0) is 15.1. The van der Waals surface area contributed by atoms with Crippen LogP contribution in [-0.4, -0.2) is 24.3 Å². The van der Waals surface area contributed by atoms with Crippen LogP contribution >= 0.6 is 0 Å². The van der Waals surface area contributed by atoms with Gasteiger partial charge in [-0.2, -0.15) is 0 Å². The number of rotatable bonds is 14. The molecule has 0 aromatic heterocycles. The molecule has 0 spiro atoms. The van der Waals surface area contributed by atoms with Gasteiger partial charge in [-0.25, -0.2) is 0 Å². The number of carbonyl (C=O) groups is 1. The van der Waals surface area contributed by atoms with Gasteiger partial charge in [-0.15, -0.1) is 0 Å². The number of carbonyl (C=O) groups excluding carboxylic acids is 1. The minimum Gasteiger partial charge on any atom is -0.469 e. The summed E-state index contributed by atoms with van der Waals surface area (Å²) in [5.74, 6) is -0.108. The van der Waals surface area contributed by atoms with E-state index in [0.717, 1.165) is 44.9 Å². The lowest BCUT2D eigenvalue weighted by Crippen LogP contribution is -2.06. The molecule has 3 nitrogen and oxygen atoms in total. The molecule has 120 valence electrons. The van der Waals surface area contributed by atoms with E-state index >= 15 is 0 Å². The zero-order valence-electron chi connectivity index (χ0n) is 13.5. The lowest BCUT2D eigenvalue weighted by molar-refractivity contribution is -0.140. The van der Waals surface area contributed by atoms with Crippen molar-refractivity contribution >= 4 is 5.97 Å². The monoisotopic (exact) mass is 286 g/mol. The van der Waals surface area contributed by atoms with Gasteiger partial charge < -0.3 is 9.84 Å². The van der Waals surface area contributed by atoms with E-state index < -0.39 is 0 Å². The topological polar surface area (TPSA) is 46.5 Å². The van der Waals surface area contributed by atoms with E-state index in [0.29, 0.717) is 6.42 Å². The number of hydrogen-bond donors (Lipinski definition) is 1. The van der Waals surface area contributed by atoms with Gasteiger partial charge in [0.05, 0.1) is 13.2 Å². The van der Waals surface area contributed by atoms with Crippen LogP contribution in [0.2, 0.25) is 0 Å². The Hall–Kier alpha value is -0.570. The first-order valence-electron chi connectivity index (χ1n) is 8.45. The Morgan fingerprint density at radius 2 is 1.40 bits per heavy atom. The minimum absolute atomic E-state index is 0.105. The summed E-state index contributed by atoms with van der Waals surface area (Å²) < 4.78 is 4.60. The van der Waals surface area contributed by atoms with Crippen molar-refractivity contribution in [3.8, 4) is 0 Å². The fraction of sp³-hybridized carbons (Fsp3) is 0.941. The van der Waals surface area contributed by atoms with Crippen LogP contribution in [0, 0.1) is 0 Å². The highest BCUT2D eigenvalue weighted by atomic mass is 16.5.